The van der Waals surface area contributed by atoms with Crippen LogP contribution in [0.5, 0.6) is 0 Å². The molecule has 0 saturated carbocycles. The zero-order chi connectivity index (χ0) is 16.3. The Morgan fingerprint density at radius 2 is 1.91 bits per heavy atom. The van der Waals surface area contributed by atoms with Gasteiger partial charge in [-0.3, -0.25) is 0 Å². The third-order valence-corrected chi connectivity index (χ3v) is 4.69. The van der Waals surface area contributed by atoms with Gasteiger partial charge in [0.15, 0.2) is 5.11 Å². The van der Waals surface area contributed by atoms with Crippen molar-refractivity contribution >= 4 is 46.2 Å². The fourth-order valence-corrected chi connectivity index (χ4v) is 2.63. The monoisotopic (exact) mass is 352 g/mol. The Bertz CT molecular complexity index is 701. The number of rotatable bonds is 3. The van der Waals surface area contributed by atoms with Gasteiger partial charge in [0.05, 0.1) is 10.0 Å². The molecule has 0 saturated heterocycles. The number of halogens is 2. The summed E-state index contributed by atoms with van der Waals surface area (Å²) in [5.74, 6) is 0. The molecule has 2 aromatic rings. The molecule has 0 amide bonds. The SMILES string of the molecule is Cc1ccc(C)c(NC(=S)N(C)Cc2cccc(Cl)c2Cl)c1. The molecule has 0 aliphatic carbocycles. The van der Waals surface area contributed by atoms with E-state index in [-0.39, 0.29) is 0 Å². The summed E-state index contributed by atoms with van der Waals surface area (Å²) in [6.07, 6.45) is 0. The molecule has 2 nitrogen and oxygen atoms in total. The van der Waals surface area contributed by atoms with Gasteiger partial charge in [0.25, 0.3) is 0 Å². The molecule has 0 atom stereocenters. The molecule has 22 heavy (non-hydrogen) atoms. The maximum atomic E-state index is 6.23. The van der Waals surface area contributed by atoms with E-state index >= 15 is 0 Å². The van der Waals surface area contributed by atoms with Crippen molar-refractivity contribution in [2.45, 2.75) is 20.4 Å². The standard InChI is InChI=1S/C17H18Cl2N2S/c1-11-7-8-12(2)15(9-11)20-17(22)21(3)10-13-5-4-6-14(18)16(13)19/h4-9H,10H2,1-3H3,(H,20,22). The normalized spacial score (nSPS) is 10.4. The Labute approximate surface area is 147 Å². The highest BCUT2D eigenvalue weighted by atomic mass is 35.5. The molecule has 0 aliphatic heterocycles. The molecule has 0 fully saturated rings. The van der Waals surface area contributed by atoms with Crippen molar-refractivity contribution in [2.75, 3.05) is 12.4 Å². The molecule has 0 radical (unpaired) electrons. The first-order chi connectivity index (χ1) is 10.4. The van der Waals surface area contributed by atoms with E-state index in [1.165, 1.54) is 5.56 Å². The number of benzene rings is 2. The first-order valence-corrected chi connectivity index (χ1v) is 8.07. The number of hydrogen-bond donors (Lipinski definition) is 1. The molecule has 1 N–H and O–H groups in total. The summed E-state index contributed by atoms with van der Waals surface area (Å²) >= 11 is 17.7. The van der Waals surface area contributed by atoms with Crippen molar-refractivity contribution < 1.29 is 0 Å². The van der Waals surface area contributed by atoms with Crippen LogP contribution < -0.4 is 5.32 Å². The van der Waals surface area contributed by atoms with Crippen molar-refractivity contribution in [2.24, 2.45) is 0 Å². The Kier molecular flexibility index (Phi) is 5.68. The van der Waals surface area contributed by atoms with E-state index in [0.29, 0.717) is 21.7 Å². The smallest absolute Gasteiger partial charge is 0.173 e. The minimum Gasteiger partial charge on any atom is -0.348 e. The number of anilines is 1. The highest BCUT2D eigenvalue weighted by Crippen LogP contribution is 2.26. The zero-order valence-electron chi connectivity index (χ0n) is 12.8. The highest BCUT2D eigenvalue weighted by Gasteiger charge is 2.11. The van der Waals surface area contributed by atoms with Gasteiger partial charge in [-0.1, -0.05) is 47.5 Å². The van der Waals surface area contributed by atoms with Gasteiger partial charge in [-0.05, 0) is 54.9 Å². The Hall–Kier alpha value is -1.29. The predicted octanol–water partition coefficient (Wildman–Crippen LogP) is 5.44. The number of aryl methyl sites for hydroxylation is 2. The molecule has 0 aliphatic rings. The van der Waals surface area contributed by atoms with Crippen LogP contribution in [0.4, 0.5) is 5.69 Å². The predicted molar refractivity (Wildman–Crippen MR) is 100 cm³/mol. The molecule has 0 heterocycles. The average molecular weight is 353 g/mol. The van der Waals surface area contributed by atoms with Crippen LogP contribution >= 0.6 is 35.4 Å². The number of hydrogen-bond acceptors (Lipinski definition) is 1. The second kappa shape index (κ2) is 7.32. The van der Waals surface area contributed by atoms with Crippen LogP contribution in [0, 0.1) is 13.8 Å². The van der Waals surface area contributed by atoms with Gasteiger partial charge >= 0.3 is 0 Å². The van der Waals surface area contributed by atoms with E-state index in [9.17, 15) is 0 Å². The first-order valence-electron chi connectivity index (χ1n) is 6.90. The molecule has 0 aromatic heterocycles. The Balaban J connectivity index is 2.09. The highest BCUT2D eigenvalue weighted by molar-refractivity contribution is 7.80. The van der Waals surface area contributed by atoms with Gasteiger partial charge in [0, 0.05) is 19.3 Å². The number of nitrogens with one attached hydrogen (secondary N) is 1. The second-order valence-corrected chi connectivity index (χ2v) is 6.49. The van der Waals surface area contributed by atoms with Crippen LogP contribution in [-0.4, -0.2) is 17.1 Å². The van der Waals surface area contributed by atoms with Crippen LogP contribution in [0.3, 0.4) is 0 Å². The lowest BCUT2D eigenvalue weighted by molar-refractivity contribution is 0.508. The van der Waals surface area contributed by atoms with E-state index in [1.54, 1.807) is 6.07 Å². The van der Waals surface area contributed by atoms with Gasteiger partial charge in [0.1, 0.15) is 0 Å². The van der Waals surface area contributed by atoms with Crippen LogP contribution in [-0.2, 0) is 6.54 Å². The lowest BCUT2D eigenvalue weighted by Gasteiger charge is -2.22. The minimum absolute atomic E-state index is 0.556. The third kappa shape index (κ3) is 4.13. The van der Waals surface area contributed by atoms with E-state index in [2.05, 4.69) is 37.4 Å². The van der Waals surface area contributed by atoms with Gasteiger partial charge < -0.3 is 10.2 Å². The van der Waals surface area contributed by atoms with Crippen LogP contribution in [0.2, 0.25) is 10.0 Å². The van der Waals surface area contributed by atoms with Gasteiger partial charge in [-0.15, -0.1) is 0 Å². The minimum atomic E-state index is 0.556. The van der Waals surface area contributed by atoms with E-state index in [4.69, 9.17) is 35.4 Å². The van der Waals surface area contributed by atoms with E-state index in [0.717, 1.165) is 16.8 Å². The van der Waals surface area contributed by atoms with Crippen LogP contribution in [0.25, 0.3) is 0 Å². The summed E-state index contributed by atoms with van der Waals surface area (Å²) in [4.78, 5) is 1.94. The first kappa shape index (κ1) is 17.1. The van der Waals surface area contributed by atoms with Crippen molar-refractivity contribution in [3.8, 4) is 0 Å². The van der Waals surface area contributed by atoms with E-state index < -0.39 is 0 Å². The maximum Gasteiger partial charge on any atom is 0.173 e. The van der Waals surface area contributed by atoms with Crippen LogP contribution in [0.1, 0.15) is 16.7 Å². The van der Waals surface area contributed by atoms with Crippen molar-refractivity contribution in [3.63, 3.8) is 0 Å². The number of nitrogens with zero attached hydrogens (tertiary/aromatic N) is 1. The lowest BCUT2D eigenvalue weighted by Crippen LogP contribution is -2.31. The molecule has 116 valence electrons. The molecular formula is C17H18Cl2N2S. The van der Waals surface area contributed by atoms with Gasteiger partial charge in [-0.2, -0.15) is 0 Å². The van der Waals surface area contributed by atoms with Gasteiger partial charge in [-0.25, -0.2) is 0 Å². The van der Waals surface area contributed by atoms with E-state index in [1.807, 2.05) is 24.1 Å². The largest absolute Gasteiger partial charge is 0.348 e. The summed E-state index contributed by atoms with van der Waals surface area (Å²) in [5.41, 5.74) is 4.31. The summed E-state index contributed by atoms with van der Waals surface area (Å²) in [6, 6.07) is 11.9. The third-order valence-electron chi connectivity index (χ3n) is 3.42. The topological polar surface area (TPSA) is 15.3 Å². The summed E-state index contributed by atoms with van der Waals surface area (Å²) in [7, 11) is 1.93. The maximum absolute atomic E-state index is 6.23. The van der Waals surface area contributed by atoms with Crippen LogP contribution in [0.15, 0.2) is 36.4 Å². The molecule has 2 rings (SSSR count). The molecule has 0 spiro atoms. The van der Waals surface area contributed by atoms with Crippen molar-refractivity contribution in [3.05, 3.63) is 63.1 Å². The summed E-state index contributed by atoms with van der Waals surface area (Å²) < 4.78 is 0. The number of thiocarbonyl (C=S) groups is 1. The molecule has 5 heteroatoms. The average Bonchev–Trinajstić information content (AvgIpc) is 2.47. The molecular weight excluding hydrogens is 335 g/mol. The van der Waals surface area contributed by atoms with Crippen molar-refractivity contribution in [1.82, 2.24) is 4.90 Å². The second-order valence-electron chi connectivity index (χ2n) is 5.32. The summed E-state index contributed by atoms with van der Waals surface area (Å²) in [5, 5.41) is 5.06. The van der Waals surface area contributed by atoms with Gasteiger partial charge in [0.2, 0.25) is 0 Å². The quantitative estimate of drug-likeness (QED) is 0.740. The molecule has 2 aromatic carbocycles. The Morgan fingerprint density at radius 1 is 1.18 bits per heavy atom. The summed E-state index contributed by atoms with van der Waals surface area (Å²) in [6.45, 7) is 4.71. The zero-order valence-corrected chi connectivity index (χ0v) is 15.1. The fraction of sp³-hybridized carbons (Fsp3) is 0.235. The molecule has 0 unspecified atom stereocenters. The fourth-order valence-electron chi connectivity index (χ4n) is 2.08. The Morgan fingerprint density at radius 3 is 2.64 bits per heavy atom. The van der Waals surface area contributed by atoms with Crippen molar-refractivity contribution in [1.29, 1.82) is 0 Å². The molecule has 0 bridgehead atoms. The lowest BCUT2D eigenvalue weighted by atomic mass is 10.1.